The Labute approximate surface area is 192 Å². The number of halogens is 7. The zero-order valence-electron chi connectivity index (χ0n) is 18.2. The number of aldehydes is 1. The van der Waals surface area contributed by atoms with E-state index < -0.39 is 78.9 Å². The van der Waals surface area contributed by atoms with Crippen LogP contribution in [0.15, 0.2) is 27.1 Å². The molecule has 5 atom stereocenters. The zero-order chi connectivity index (χ0) is 26.3. The summed E-state index contributed by atoms with van der Waals surface area (Å²) in [5.74, 6) is 0. The van der Waals surface area contributed by atoms with Crippen LogP contribution in [-0.2, 0) is 22.9 Å². The Kier molecular flexibility index (Phi) is 12.2. The quantitative estimate of drug-likeness (QED) is 0.135. The minimum atomic E-state index is -6.47. The zero-order valence-corrected chi connectivity index (χ0v) is 23.5. The summed E-state index contributed by atoms with van der Waals surface area (Å²) in [6.07, 6.45) is -1.75. The highest BCUT2D eigenvalue weighted by Crippen LogP contribution is 2.82. The fourth-order valence-corrected chi connectivity index (χ4v) is 15.5. The van der Waals surface area contributed by atoms with Crippen LogP contribution in [0.25, 0.3) is 0 Å². The molecule has 24 heteroatoms. The molecule has 0 saturated carbocycles. The Hall–Kier alpha value is 0.400. The molecule has 0 aromatic carbocycles. The molecule has 1 aliphatic heterocycles. The van der Waals surface area contributed by atoms with Gasteiger partial charge in [-0.05, 0) is 27.7 Å². The van der Waals surface area contributed by atoms with Crippen LogP contribution >= 0.6 is 46.3 Å². The van der Waals surface area contributed by atoms with E-state index in [9.17, 15) is 13.2 Å². The topological polar surface area (TPSA) is 128 Å². The van der Waals surface area contributed by atoms with Gasteiger partial charge >= 0.3 is 38.8 Å². The number of rotatable bonds is 10. The monoisotopic (exact) mass is 626 g/mol. The van der Waals surface area contributed by atoms with Crippen LogP contribution in [0.1, 0.15) is 27.7 Å². The second kappa shape index (κ2) is 12.8. The Morgan fingerprint density at radius 2 is 0.882 bits per heavy atom. The smallest absolute Gasteiger partial charge is 0.303 e. The molecule has 0 bridgehead atoms. The highest BCUT2D eigenvalue weighted by molar-refractivity contribution is 7.79. The molecule has 0 aliphatic carbocycles. The van der Waals surface area contributed by atoms with E-state index in [4.69, 9.17) is 0 Å². The van der Waals surface area contributed by atoms with Crippen LogP contribution in [-0.4, -0.2) is 38.9 Å². The number of hydrogen-bond acceptors (Lipinski definition) is 11. The van der Waals surface area contributed by atoms with Crippen molar-refractivity contribution in [2.75, 3.05) is 32.6 Å². The van der Waals surface area contributed by atoms with Gasteiger partial charge in [0.15, 0.2) is 0 Å². The molecule has 0 fully saturated rings. The van der Waals surface area contributed by atoms with E-state index in [2.05, 4.69) is 45.2 Å². The first-order valence-corrected chi connectivity index (χ1v) is 18.5. The first-order chi connectivity index (χ1) is 15.5. The van der Waals surface area contributed by atoms with E-state index in [1.54, 1.807) is 0 Å². The molecule has 0 spiro atoms. The number of carbonyl (C=O) groups excluding carboxylic acids is 1. The van der Waals surface area contributed by atoms with Crippen molar-refractivity contribution >= 4 is 52.6 Å². The average molecular weight is 626 g/mol. The second-order valence-corrected chi connectivity index (χ2v) is 17.2. The van der Waals surface area contributed by atoms with Crippen molar-refractivity contribution in [3.05, 3.63) is 0 Å². The molecule has 0 aromatic heterocycles. The third-order valence-electron chi connectivity index (χ3n) is 2.85. The number of nitrogens with zero attached hydrogens (tertiary/aromatic N) is 6. The Morgan fingerprint density at radius 1 is 0.559 bits per heavy atom. The van der Waals surface area contributed by atoms with E-state index in [-0.39, 0.29) is 6.29 Å². The molecule has 0 N–H and O–H groups in total. The van der Waals surface area contributed by atoms with Gasteiger partial charge in [0.1, 0.15) is 6.29 Å². The van der Waals surface area contributed by atoms with Crippen molar-refractivity contribution < 1.29 is 52.3 Å². The summed E-state index contributed by atoms with van der Waals surface area (Å²) < 4.78 is 141. The lowest BCUT2D eigenvalue weighted by Gasteiger charge is -2.21. The lowest BCUT2D eigenvalue weighted by atomic mass is 10.9. The molecule has 34 heavy (non-hydrogen) atoms. The molecule has 0 aromatic rings. The van der Waals surface area contributed by atoms with Crippen LogP contribution in [0.2, 0.25) is 0 Å². The fraction of sp³-hybridized carbons (Fsp3) is 0.900. The van der Waals surface area contributed by atoms with Gasteiger partial charge in [-0.25, -0.2) is 0 Å². The van der Waals surface area contributed by atoms with Gasteiger partial charge in [-0.15, -0.1) is 26.5 Å². The van der Waals surface area contributed by atoms with E-state index in [0.717, 1.165) is 20.8 Å². The van der Waals surface area contributed by atoms with Crippen molar-refractivity contribution in [1.29, 1.82) is 0 Å². The molecule has 202 valence electrons. The third kappa shape index (κ3) is 10.0. The van der Waals surface area contributed by atoms with Crippen molar-refractivity contribution in [2.45, 2.75) is 27.7 Å². The van der Waals surface area contributed by atoms with Crippen LogP contribution in [0.5, 0.6) is 0 Å². The maximum atomic E-state index is 15.5. The minimum Gasteiger partial charge on any atom is -0.303 e. The molecule has 1 heterocycles. The van der Waals surface area contributed by atoms with Gasteiger partial charge in [0.2, 0.25) is 0 Å². The molecule has 11 nitrogen and oxygen atoms in total. The van der Waals surface area contributed by atoms with Gasteiger partial charge in [-0.2, -0.15) is 30.0 Å². The Balaban J connectivity index is 4.42. The maximum absolute atomic E-state index is 15.5. The standard InChI is InChI=1S/C10H23F7N6O5P6/c1-5-25-31(14)19-29(11,10-9-24)18-30(12,13)20-32(15,26-6-2)22-34(17,28-8-4)23-33(16,21-31)27-7-3/h9H,5-8,10H2,1-4H3. The summed E-state index contributed by atoms with van der Waals surface area (Å²) in [4.78, 5) is 10.9. The summed E-state index contributed by atoms with van der Waals surface area (Å²) in [7, 11) is -34.4. The van der Waals surface area contributed by atoms with Crippen LogP contribution in [0.3, 0.4) is 0 Å². The minimum absolute atomic E-state index is 0.244. The van der Waals surface area contributed by atoms with Gasteiger partial charge in [-0.3, -0.25) is 0 Å². The van der Waals surface area contributed by atoms with Crippen LogP contribution < -0.4 is 0 Å². The lowest BCUT2D eigenvalue weighted by Crippen LogP contribution is -1.90. The van der Waals surface area contributed by atoms with Gasteiger partial charge in [0.25, 0.3) is 7.52 Å². The molecule has 1 aliphatic rings. The molecular formula is C10H23F7N6O5P6. The Morgan fingerprint density at radius 3 is 1.21 bits per heavy atom. The highest BCUT2D eigenvalue weighted by Gasteiger charge is 2.41. The predicted octanol–water partition coefficient (Wildman–Crippen LogP) is 10.9. The van der Waals surface area contributed by atoms with Gasteiger partial charge in [0, 0.05) is 0 Å². The largest absolute Gasteiger partial charge is 0.423 e. The first-order valence-electron chi connectivity index (χ1n) is 9.26. The molecule has 0 amide bonds. The molecule has 0 saturated heterocycles. The van der Waals surface area contributed by atoms with Crippen molar-refractivity contribution in [3.63, 3.8) is 0 Å². The normalized spacial score (nSPS) is 38.3. The highest BCUT2D eigenvalue weighted by atomic mass is 31.3. The molecule has 5 unspecified atom stereocenters. The SMILES string of the molecule is CCOP1(F)=NP(F)(CC=O)=NP(F)(F)=NP(F)(OCC)=NP(F)(OCC)=NP(F)(OCC)=N1. The maximum Gasteiger partial charge on any atom is 0.423 e. The number of carbonyl (C=O) groups is 1. The van der Waals surface area contributed by atoms with E-state index in [0.29, 0.717) is 0 Å². The molecule has 1 rings (SSSR count). The summed E-state index contributed by atoms with van der Waals surface area (Å²) in [5.41, 5.74) is 0. The van der Waals surface area contributed by atoms with Crippen molar-refractivity contribution in [2.24, 2.45) is 27.1 Å². The molecular weight excluding hydrogens is 603 g/mol. The average Bonchev–Trinajstić information content (AvgIpc) is 2.58. The summed E-state index contributed by atoms with van der Waals surface area (Å²) in [5, 5.41) is 0. The predicted molar refractivity (Wildman–Crippen MR) is 121 cm³/mol. The van der Waals surface area contributed by atoms with Crippen molar-refractivity contribution in [1.82, 2.24) is 0 Å². The van der Waals surface area contributed by atoms with Crippen LogP contribution in [0.4, 0.5) is 29.4 Å². The lowest BCUT2D eigenvalue weighted by molar-refractivity contribution is -0.105. The van der Waals surface area contributed by atoms with Gasteiger partial charge in [0.05, 0.1) is 32.6 Å². The third-order valence-corrected chi connectivity index (χ3v) is 16.8. The van der Waals surface area contributed by atoms with E-state index in [1.807, 2.05) is 0 Å². The second-order valence-electron chi connectivity index (χ2n) is 5.55. The summed E-state index contributed by atoms with van der Waals surface area (Å²) >= 11 is 0. The summed E-state index contributed by atoms with van der Waals surface area (Å²) in [6.45, 7) is 2.09. The van der Waals surface area contributed by atoms with E-state index in [1.165, 1.54) is 6.92 Å². The van der Waals surface area contributed by atoms with Crippen molar-refractivity contribution in [3.8, 4) is 0 Å². The summed E-state index contributed by atoms with van der Waals surface area (Å²) in [6, 6.07) is 0. The molecule has 0 radical (unpaired) electrons. The van der Waals surface area contributed by atoms with Gasteiger partial charge < -0.3 is 22.9 Å². The number of hydrogen-bond donors (Lipinski definition) is 0. The fourth-order valence-electron chi connectivity index (χ4n) is 2.01. The van der Waals surface area contributed by atoms with Crippen LogP contribution in [0, 0.1) is 0 Å². The first kappa shape index (κ1) is 32.4. The Bertz CT molecular complexity index is 1100. The van der Waals surface area contributed by atoms with E-state index >= 15 is 21.0 Å². The van der Waals surface area contributed by atoms with Gasteiger partial charge in [-0.1, -0.05) is 0 Å².